The zero-order valence-electron chi connectivity index (χ0n) is 39.2. The zero-order valence-corrected chi connectivity index (χ0v) is 40.0. The molecule has 0 bridgehead atoms. The SMILES string of the molecule is C=CC(=O)N1CCN(c2nc(OCCCCCNC(=O)CN3CCN(CC(=O)O)CCN(CC(=O)O)CCN(CC(=O)O)CC3)nc3c2CCN(c2cc(O)cc4cccc(Cl)c24)C3)CC1.CC#N. The number of fused-ring (bicyclic) bond motifs is 2. The first-order chi connectivity index (χ1) is 33.2. The van der Waals surface area contributed by atoms with Crippen molar-refractivity contribution in [2.75, 3.05) is 134 Å². The topological polar surface area (TPSA) is 260 Å². The summed E-state index contributed by atoms with van der Waals surface area (Å²) in [5, 5.41) is 51.6. The van der Waals surface area contributed by atoms with Crippen LogP contribution in [-0.2, 0) is 36.9 Å². The number of carbonyl (C=O) groups is 5. The Morgan fingerprint density at radius 2 is 1.35 bits per heavy atom. The van der Waals surface area contributed by atoms with E-state index in [-0.39, 0.29) is 49.8 Å². The van der Waals surface area contributed by atoms with E-state index in [1.54, 1.807) is 37.8 Å². The van der Waals surface area contributed by atoms with E-state index in [1.165, 1.54) is 13.0 Å². The highest BCUT2D eigenvalue weighted by atomic mass is 35.5. The molecule has 0 saturated carbocycles. The summed E-state index contributed by atoms with van der Waals surface area (Å²) in [5.74, 6) is -2.44. The highest BCUT2D eigenvalue weighted by molar-refractivity contribution is 6.36. The van der Waals surface area contributed by atoms with Gasteiger partial charge in [0.2, 0.25) is 11.8 Å². The molecule has 2 fully saturated rings. The molecule has 1 aromatic heterocycles. The molecular weight excluding hydrogens is 914 g/mol. The molecule has 22 heteroatoms. The second-order valence-corrected chi connectivity index (χ2v) is 17.4. The summed E-state index contributed by atoms with van der Waals surface area (Å²) < 4.78 is 6.19. The van der Waals surface area contributed by atoms with Crippen LogP contribution in [0.25, 0.3) is 10.8 Å². The van der Waals surface area contributed by atoms with E-state index in [1.807, 2.05) is 23.1 Å². The van der Waals surface area contributed by atoms with Crippen LogP contribution in [0, 0.1) is 11.3 Å². The summed E-state index contributed by atoms with van der Waals surface area (Å²) in [6.07, 6.45) is 4.07. The standard InChI is InChI=1S/C45H61ClN10O10.C2H3N/c1-2-39(59)54-20-22-55(23-21-54)44-34-9-11-56(37-26-33(57)25-32-7-6-8-35(46)43(32)37)27-36(34)48-45(49-44)66-24-5-3-4-10-47-38(58)28-50-12-14-51(29-40(60)61)16-18-53(31-42(64)65)19-17-52(15-13-50)30-41(62)63;1-2-3/h2,6-8,25-26,57H,1,3-5,9-24,27-31H2,(H,47,58)(H,60,61)(H,62,63)(H,64,65);1H3. The minimum atomic E-state index is -1.02. The minimum absolute atomic E-state index is 0.0415. The fourth-order valence-corrected chi connectivity index (χ4v) is 8.90. The van der Waals surface area contributed by atoms with E-state index >= 15 is 0 Å². The van der Waals surface area contributed by atoms with E-state index in [2.05, 4.69) is 21.7 Å². The maximum absolute atomic E-state index is 13.2. The van der Waals surface area contributed by atoms with Gasteiger partial charge in [0, 0.05) is 116 Å². The lowest BCUT2D eigenvalue weighted by molar-refractivity contribution is -0.140. The number of ether oxygens (including phenoxy) is 1. The molecule has 3 aromatic rings. The number of hydrogen-bond donors (Lipinski definition) is 5. The number of phenolic OH excluding ortho intramolecular Hbond substituents is 1. The second kappa shape index (κ2) is 27.0. The molecule has 3 aliphatic rings. The van der Waals surface area contributed by atoms with Crippen LogP contribution in [-0.4, -0.2) is 209 Å². The van der Waals surface area contributed by atoms with Crippen molar-refractivity contribution >= 4 is 63.6 Å². The van der Waals surface area contributed by atoms with E-state index in [0.717, 1.165) is 40.0 Å². The number of carbonyl (C=O) groups excluding carboxylic acids is 2. The number of aromatic nitrogens is 2. The molecule has 2 saturated heterocycles. The number of amides is 2. The van der Waals surface area contributed by atoms with Gasteiger partial charge >= 0.3 is 23.9 Å². The van der Waals surface area contributed by atoms with Gasteiger partial charge in [-0.15, -0.1) is 0 Å². The summed E-state index contributed by atoms with van der Waals surface area (Å²) in [6.45, 7) is 11.0. The molecule has 0 atom stereocenters. The number of hydrogen-bond acceptors (Lipinski definition) is 16. The molecule has 5 N–H and O–H groups in total. The zero-order chi connectivity index (χ0) is 49.9. The van der Waals surface area contributed by atoms with Gasteiger partial charge in [-0.25, -0.2) is 0 Å². The maximum atomic E-state index is 13.2. The average Bonchev–Trinajstić information content (AvgIpc) is 3.30. The molecule has 2 amide bonds. The Balaban J connectivity index is 0.00000288. The number of piperazine rings is 1. The number of benzene rings is 2. The van der Waals surface area contributed by atoms with E-state index in [9.17, 15) is 44.4 Å². The lowest BCUT2D eigenvalue weighted by atomic mass is 10.0. The van der Waals surface area contributed by atoms with Gasteiger partial charge in [-0.1, -0.05) is 30.3 Å². The summed E-state index contributed by atoms with van der Waals surface area (Å²) in [5.41, 5.74) is 2.63. The van der Waals surface area contributed by atoms with Crippen molar-refractivity contribution in [2.24, 2.45) is 0 Å². The van der Waals surface area contributed by atoms with Gasteiger partial charge in [-0.3, -0.25) is 43.6 Å². The Morgan fingerprint density at radius 1 is 0.783 bits per heavy atom. The third-order valence-electron chi connectivity index (χ3n) is 12.1. The first kappa shape index (κ1) is 53.6. The van der Waals surface area contributed by atoms with Gasteiger partial charge in [0.15, 0.2) is 0 Å². The third-order valence-corrected chi connectivity index (χ3v) is 12.4. The number of rotatable bonds is 18. The van der Waals surface area contributed by atoms with Crippen molar-refractivity contribution in [1.82, 2.24) is 39.8 Å². The molecule has 2 aromatic carbocycles. The monoisotopic (exact) mass is 977 g/mol. The van der Waals surface area contributed by atoms with Crippen LogP contribution in [0.3, 0.4) is 0 Å². The molecule has 374 valence electrons. The smallest absolute Gasteiger partial charge is 0.318 e. The second-order valence-electron chi connectivity index (χ2n) is 17.0. The molecule has 4 heterocycles. The number of nitriles is 1. The summed E-state index contributed by atoms with van der Waals surface area (Å²) >= 11 is 6.70. The molecular formula is C47H64ClN11O10. The minimum Gasteiger partial charge on any atom is -0.508 e. The number of nitrogens with one attached hydrogen (secondary N) is 1. The maximum Gasteiger partial charge on any atom is 0.318 e. The van der Waals surface area contributed by atoms with Crippen LogP contribution < -0.4 is 19.9 Å². The van der Waals surface area contributed by atoms with Gasteiger partial charge in [-0.05, 0) is 49.3 Å². The first-order valence-electron chi connectivity index (χ1n) is 23.1. The number of nitrogens with zero attached hydrogens (tertiary/aromatic N) is 10. The first-order valence-corrected chi connectivity index (χ1v) is 23.5. The molecule has 0 aliphatic carbocycles. The van der Waals surface area contributed by atoms with Crippen molar-refractivity contribution in [3.8, 4) is 17.8 Å². The highest BCUT2D eigenvalue weighted by Gasteiger charge is 2.30. The Hall–Kier alpha value is -6.31. The molecule has 69 heavy (non-hydrogen) atoms. The van der Waals surface area contributed by atoms with Gasteiger partial charge in [0.05, 0.1) is 61.8 Å². The fraction of sp³-hybridized carbons (Fsp3) is 0.532. The number of carboxylic acids is 3. The predicted molar refractivity (Wildman–Crippen MR) is 259 cm³/mol. The van der Waals surface area contributed by atoms with Gasteiger partial charge in [0.1, 0.15) is 11.6 Å². The number of aliphatic carboxylic acids is 3. The van der Waals surface area contributed by atoms with Crippen molar-refractivity contribution < 1.29 is 49.1 Å². The van der Waals surface area contributed by atoms with Gasteiger partial charge < -0.3 is 45.2 Å². The van der Waals surface area contributed by atoms with Gasteiger partial charge in [0.25, 0.3) is 0 Å². The van der Waals surface area contributed by atoms with Crippen LogP contribution in [0.15, 0.2) is 43.0 Å². The number of carboxylic acid groups (broad SMARTS) is 3. The number of anilines is 2. The van der Waals surface area contributed by atoms with Crippen LogP contribution >= 0.6 is 11.6 Å². The van der Waals surface area contributed by atoms with Crippen molar-refractivity contribution in [1.29, 1.82) is 5.26 Å². The van der Waals surface area contributed by atoms with Crippen LogP contribution in [0.2, 0.25) is 5.02 Å². The average molecular weight is 979 g/mol. The predicted octanol–water partition coefficient (Wildman–Crippen LogP) is 2.06. The lowest BCUT2D eigenvalue weighted by Gasteiger charge is -2.38. The molecule has 0 spiro atoms. The molecule has 21 nitrogen and oxygen atoms in total. The Morgan fingerprint density at radius 3 is 1.90 bits per heavy atom. The molecule has 0 radical (unpaired) electrons. The van der Waals surface area contributed by atoms with E-state index < -0.39 is 17.9 Å². The van der Waals surface area contributed by atoms with Crippen molar-refractivity contribution in [2.45, 2.75) is 39.2 Å². The quantitative estimate of drug-likeness (QED) is 0.0903. The van der Waals surface area contributed by atoms with Crippen molar-refractivity contribution in [3.63, 3.8) is 0 Å². The van der Waals surface area contributed by atoms with Crippen LogP contribution in [0.4, 0.5) is 11.5 Å². The number of unbranched alkanes of at least 4 members (excludes halogenated alkanes) is 2. The number of phenols is 1. The largest absolute Gasteiger partial charge is 0.508 e. The third kappa shape index (κ3) is 16.7. The lowest BCUT2D eigenvalue weighted by Crippen LogP contribution is -2.49. The highest BCUT2D eigenvalue weighted by Crippen LogP contribution is 2.39. The summed E-state index contributed by atoms with van der Waals surface area (Å²) in [6, 6.07) is 11.0. The van der Waals surface area contributed by atoms with Crippen LogP contribution in [0.5, 0.6) is 11.8 Å². The van der Waals surface area contributed by atoms with E-state index in [4.69, 9.17) is 31.6 Å². The normalized spacial score (nSPS) is 16.7. The summed E-state index contributed by atoms with van der Waals surface area (Å²) in [7, 11) is 0. The molecule has 0 unspecified atom stereocenters. The molecule has 3 aliphatic heterocycles. The number of halogens is 1. The fourth-order valence-electron chi connectivity index (χ4n) is 8.62. The Bertz CT molecular complexity index is 2280. The Kier molecular flexibility index (Phi) is 21.0. The van der Waals surface area contributed by atoms with E-state index in [0.29, 0.717) is 129 Å². The number of aromatic hydroxyl groups is 1. The van der Waals surface area contributed by atoms with Crippen molar-refractivity contribution in [3.05, 3.63) is 59.3 Å². The molecule has 6 rings (SSSR count). The summed E-state index contributed by atoms with van der Waals surface area (Å²) in [4.78, 5) is 83.1. The Labute approximate surface area is 407 Å². The van der Waals surface area contributed by atoms with Crippen LogP contribution in [0.1, 0.15) is 37.4 Å². The van der Waals surface area contributed by atoms with Gasteiger partial charge in [-0.2, -0.15) is 15.2 Å².